The number of benzene rings is 1. The Balaban J connectivity index is 3.26. The lowest BCUT2D eigenvalue weighted by Gasteiger charge is -2.32. The fraction of sp³-hybridized carbons (Fsp3) is 0.556. The summed E-state index contributed by atoms with van der Waals surface area (Å²) in [6.45, 7) is 5.25. The van der Waals surface area contributed by atoms with Crippen molar-refractivity contribution in [3.63, 3.8) is 0 Å². The Hall–Kier alpha value is -2.12. The molecular formula is C18H27NO6. The van der Waals surface area contributed by atoms with Gasteiger partial charge < -0.3 is 24.7 Å². The van der Waals surface area contributed by atoms with Gasteiger partial charge in [0.15, 0.2) is 6.79 Å². The lowest BCUT2D eigenvalue weighted by molar-refractivity contribution is -0.163. The van der Waals surface area contributed by atoms with E-state index in [0.717, 1.165) is 0 Å². The van der Waals surface area contributed by atoms with Gasteiger partial charge >= 0.3 is 11.9 Å². The van der Waals surface area contributed by atoms with E-state index in [1.807, 2.05) is 0 Å². The average Bonchev–Trinajstić information content (AvgIpc) is 2.56. The SMILES string of the molecule is COCOc1ccccc1C(N)(CCC(=O)OC)C(=O)OC(C)(C)C. The lowest BCUT2D eigenvalue weighted by Crippen LogP contribution is -2.49. The van der Waals surface area contributed by atoms with Crippen LogP contribution in [0.4, 0.5) is 0 Å². The van der Waals surface area contributed by atoms with Gasteiger partial charge in [0.05, 0.1) is 7.11 Å². The van der Waals surface area contributed by atoms with Gasteiger partial charge in [0, 0.05) is 19.1 Å². The number of para-hydroxylation sites is 1. The molecule has 7 nitrogen and oxygen atoms in total. The summed E-state index contributed by atoms with van der Waals surface area (Å²) in [5.74, 6) is -0.714. The quantitative estimate of drug-likeness (QED) is 0.565. The molecule has 2 N–H and O–H groups in total. The van der Waals surface area contributed by atoms with Crippen molar-refractivity contribution in [2.45, 2.75) is 44.8 Å². The summed E-state index contributed by atoms with van der Waals surface area (Å²) in [7, 11) is 2.77. The molecule has 0 aliphatic heterocycles. The van der Waals surface area contributed by atoms with E-state index in [-0.39, 0.29) is 19.6 Å². The summed E-state index contributed by atoms with van der Waals surface area (Å²) in [5.41, 5.74) is 4.57. The molecule has 0 saturated heterocycles. The minimum absolute atomic E-state index is 0.00157. The molecule has 0 bridgehead atoms. The van der Waals surface area contributed by atoms with Gasteiger partial charge in [0.25, 0.3) is 0 Å². The normalized spacial score (nSPS) is 13.7. The van der Waals surface area contributed by atoms with Gasteiger partial charge in [0.2, 0.25) is 0 Å². The van der Waals surface area contributed by atoms with Gasteiger partial charge in [-0.2, -0.15) is 0 Å². The first kappa shape index (κ1) is 20.9. The maximum atomic E-state index is 12.8. The Morgan fingerprint density at radius 2 is 1.76 bits per heavy atom. The molecular weight excluding hydrogens is 326 g/mol. The molecule has 1 unspecified atom stereocenters. The number of methoxy groups -OCH3 is 2. The number of carbonyl (C=O) groups excluding carboxylic acids is 2. The number of ether oxygens (including phenoxy) is 4. The second-order valence-electron chi connectivity index (χ2n) is 6.60. The molecule has 0 amide bonds. The van der Waals surface area contributed by atoms with E-state index in [1.54, 1.807) is 45.0 Å². The van der Waals surface area contributed by atoms with Crippen molar-refractivity contribution in [3.05, 3.63) is 29.8 Å². The maximum absolute atomic E-state index is 12.8. The largest absolute Gasteiger partial charge is 0.469 e. The van der Waals surface area contributed by atoms with Gasteiger partial charge in [-0.3, -0.25) is 4.79 Å². The fourth-order valence-electron chi connectivity index (χ4n) is 2.20. The molecule has 1 aromatic carbocycles. The number of hydrogen-bond acceptors (Lipinski definition) is 7. The van der Waals surface area contributed by atoms with Crippen molar-refractivity contribution in [1.82, 2.24) is 0 Å². The number of nitrogens with two attached hydrogens (primary N) is 1. The van der Waals surface area contributed by atoms with E-state index in [4.69, 9.17) is 19.9 Å². The monoisotopic (exact) mass is 353 g/mol. The van der Waals surface area contributed by atoms with Crippen LogP contribution in [0.5, 0.6) is 5.75 Å². The zero-order valence-electron chi connectivity index (χ0n) is 15.5. The molecule has 0 heterocycles. The van der Waals surface area contributed by atoms with Gasteiger partial charge in [-0.05, 0) is 33.3 Å². The first-order valence-corrected chi connectivity index (χ1v) is 7.94. The molecule has 0 radical (unpaired) electrons. The number of esters is 2. The molecule has 140 valence electrons. The number of carbonyl (C=O) groups is 2. The van der Waals surface area contributed by atoms with Gasteiger partial charge in [-0.15, -0.1) is 0 Å². The summed E-state index contributed by atoms with van der Waals surface area (Å²) in [5, 5.41) is 0. The highest BCUT2D eigenvalue weighted by Gasteiger charge is 2.42. The van der Waals surface area contributed by atoms with Crippen LogP contribution in [0.15, 0.2) is 24.3 Å². The van der Waals surface area contributed by atoms with Gasteiger partial charge in [-0.25, -0.2) is 4.79 Å². The predicted molar refractivity (Wildman–Crippen MR) is 91.9 cm³/mol. The Bertz CT molecular complexity index is 595. The maximum Gasteiger partial charge on any atom is 0.331 e. The Morgan fingerprint density at radius 1 is 1.12 bits per heavy atom. The molecule has 0 fully saturated rings. The van der Waals surface area contributed by atoms with Crippen LogP contribution in [0, 0.1) is 0 Å². The number of hydrogen-bond donors (Lipinski definition) is 1. The first-order chi connectivity index (χ1) is 11.6. The summed E-state index contributed by atoms with van der Waals surface area (Å²) in [6, 6.07) is 6.84. The zero-order chi connectivity index (χ0) is 19.1. The van der Waals surface area contributed by atoms with E-state index in [0.29, 0.717) is 11.3 Å². The number of rotatable bonds is 8. The van der Waals surface area contributed by atoms with E-state index in [2.05, 4.69) is 4.74 Å². The Labute approximate surface area is 148 Å². The Kier molecular flexibility index (Phi) is 7.38. The van der Waals surface area contributed by atoms with Crippen LogP contribution in [0.1, 0.15) is 39.2 Å². The van der Waals surface area contributed by atoms with Gasteiger partial charge in [-0.1, -0.05) is 18.2 Å². The van der Waals surface area contributed by atoms with E-state index >= 15 is 0 Å². The van der Waals surface area contributed by atoms with Crippen LogP contribution in [-0.4, -0.2) is 38.6 Å². The molecule has 25 heavy (non-hydrogen) atoms. The smallest absolute Gasteiger partial charge is 0.331 e. The third-order valence-corrected chi connectivity index (χ3v) is 3.41. The summed E-state index contributed by atoms with van der Waals surface area (Å²) in [4.78, 5) is 24.4. The van der Waals surface area contributed by atoms with Gasteiger partial charge in [0.1, 0.15) is 16.9 Å². The molecule has 0 aliphatic rings. The molecule has 7 heteroatoms. The molecule has 1 aromatic rings. The van der Waals surface area contributed by atoms with Crippen LogP contribution < -0.4 is 10.5 Å². The standard InChI is InChI=1S/C18H27NO6/c1-17(2,3)25-16(21)18(19,11-10-15(20)23-5)13-8-6-7-9-14(13)24-12-22-4/h6-9H,10-12,19H2,1-5H3. The van der Waals surface area contributed by atoms with Crippen molar-refractivity contribution in [3.8, 4) is 5.75 Å². The van der Waals surface area contributed by atoms with Crippen molar-refractivity contribution in [2.75, 3.05) is 21.0 Å². The molecule has 1 atom stereocenters. The van der Waals surface area contributed by atoms with Crippen LogP contribution in [0.2, 0.25) is 0 Å². The summed E-state index contributed by atoms with van der Waals surface area (Å²) >= 11 is 0. The molecule has 1 rings (SSSR count). The Morgan fingerprint density at radius 3 is 2.32 bits per heavy atom. The summed E-state index contributed by atoms with van der Waals surface area (Å²) in [6.07, 6.45) is -0.0210. The van der Waals surface area contributed by atoms with Crippen molar-refractivity contribution in [1.29, 1.82) is 0 Å². The van der Waals surface area contributed by atoms with Crippen molar-refractivity contribution < 1.29 is 28.5 Å². The second kappa shape index (κ2) is 8.82. The third-order valence-electron chi connectivity index (χ3n) is 3.41. The van der Waals surface area contributed by atoms with Crippen LogP contribution >= 0.6 is 0 Å². The minimum atomic E-state index is -1.56. The van der Waals surface area contributed by atoms with E-state index in [1.165, 1.54) is 14.2 Å². The second-order valence-corrected chi connectivity index (χ2v) is 6.60. The minimum Gasteiger partial charge on any atom is -0.469 e. The van der Waals surface area contributed by atoms with E-state index < -0.39 is 23.1 Å². The fourth-order valence-corrected chi connectivity index (χ4v) is 2.20. The summed E-state index contributed by atoms with van der Waals surface area (Å²) < 4.78 is 20.6. The van der Waals surface area contributed by atoms with Crippen LogP contribution in [0.3, 0.4) is 0 Å². The molecule has 0 saturated carbocycles. The molecule has 0 spiro atoms. The zero-order valence-corrected chi connectivity index (χ0v) is 15.5. The first-order valence-electron chi connectivity index (χ1n) is 7.94. The van der Waals surface area contributed by atoms with Crippen molar-refractivity contribution >= 4 is 11.9 Å². The predicted octanol–water partition coefficient (Wildman–Crippen LogP) is 2.12. The van der Waals surface area contributed by atoms with E-state index in [9.17, 15) is 9.59 Å². The highest BCUT2D eigenvalue weighted by atomic mass is 16.7. The highest BCUT2D eigenvalue weighted by molar-refractivity contribution is 5.84. The van der Waals surface area contributed by atoms with Crippen molar-refractivity contribution in [2.24, 2.45) is 5.73 Å². The third kappa shape index (κ3) is 6.03. The van der Waals surface area contributed by atoms with Crippen LogP contribution in [0.25, 0.3) is 0 Å². The average molecular weight is 353 g/mol. The highest BCUT2D eigenvalue weighted by Crippen LogP contribution is 2.34. The molecule has 0 aliphatic carbocycles. The lowest BCUT2D eigenvalue weighted by atomic mass is 9.85. The van der Waals surface area contributed by atoms with Crippen LogP contribution in [-0.2, 0) is 29.3 Å². The molecule has 0 aromatic heterocycles. The topological polar surface area (TPSA) is 97.1 Å².